The first-order chi connectivity index (χ1) is 25.3. The zero-order chi connectivity index (χ0) is 34.9. The molecule has 0 bridgehead atoms. The third-order valence-corrected chi connectivity index (χ3v) is 13.0. The Morgan fingerprint density at radius 1 is 0.519 bits per heavy atom. The van der Waals surface area contributed by atoms with Gasteiger partial charge in [-0.1, -0.05) is 113 Å². The predicted octanol–water partition coefficient (Wildman–Crippen LogP) is 14.0. The zero-order valence-electron chi connectivity index (χ0n) is 29.6. The van der Waals surface area contributed by atoms with Crippen molar-refractivity contribution in [1.82, 2.24) is 0 Å². The number of benzene rings is 7. The summed E-state index contributed by atoms with van der Waals surface area (Å²) in [5, 5.41) is 2.60. The lowest BCUT2D eigenvalue weighted by Crippen LogP contribution is -2.32. The van der Waals surface area contributed by atoms with Crippen LogP contribution in [0.4, 0.5) is 34.1 Å². The fourth-order valence-corrected chi connectivity index (χ4v) is 10.4. The number of para-hydroxylation sites is 3. The monoisotopic (exact) mass is 688 g/mol. The molecule has 1 aromatic heterocycles. The van der Waals surface area contributed by atoms with Crippen molar-refractivity contribution < 1.29 is 4.74 Å². The normalized spacial score (nSPS) is 15.3. The molecule has 11 rings (SSSR count). The van der Waals surface area contributed by atoms with E-state index < -0.39 is 0 Å². The van der Waals surface area contributed by atoms with Crippen LogP contribution in [0.15, 0.2) is 146 Å². The second-order valence-corrected chi connectivity index (χ2v) is 16.4. The van der Waals surface area contributed by atoms with Gasteiger partial charge in [-0.25, -0.2) is 0 Å². The van der Waals surface area contributed by atoms with E-state index in [0.29, 0.717) is 0 Å². The molecule has 4 heteroatoms. The summed E-state index contributed by atoms with van der Waals surface area (Å²) in [6.07, 6.45) is 0. The Kier molecular flexibility index (Phi) is 5.95. The molecule has 3 nitrogen and oxygen atoms in total. The second kappa shape index (κ2) is 10.4. The fraction of sp³-hybridized carbons (Fsp3) is 0.125. The van der Waals surface area contributed by atoms with Gasteiger partial charge in [-0.2, -0.15) is 0 Å². The highest BCUT2D eigenvalue weighted by atomic mass is 32.1. The van der Waals surface area contributed by atoms with Crippen molar-refractivity contribution in [2.24, 2.45) is 0 Å². The van der Waals surface area contributed by atoms with Gasteiger partial charge in [0.2, 0.25) is 0 Å². The third kappa shape index (κ3) is 3.90. The van der Waals surface area contributed by atoms with Gasteiger partial charge in [0, 0.05) is 37.7 Å². The maximum atomic E-state index is 6.50. The maximum Gasteiger partial charge on any atom is 0.151 e. The highest BCUT2D eigenvalue weighted by molar-refractivity contribution is 7.26. The quantitative estimate of drug-likeness (QED) is 0.184. The zero-order valence-corrected chi connectivity index (χ0v) is 30.4. The summed E-state index contributed by atoms with van der Waals surface area (Å²) >= 11 is 1.88. The number of ether oxygens (including phenoxy) is 1. The average molecular weight is 689 g/mol. The van der Waals surface area contributed by atoms with Crippen LogP contribution in [0.2, 0.25) is 0 Å². The molecule has 3 heterocycles. The minimum absolute atomic E-state index is 0.111. The number of hydrogen-bond acceptors (Lipinski definition) is 4. The highest BCUT2D eigenvalue weighted by Gasteiger charge is 2.42. The Hall–Kier alpha value is -5.84. The van der Waals surface area contributed by atoms with E-state index in [1.165, 1.54) is 64.9 Å². The number of nitrogens with zero attached hydrogens (tertiary/aromatic N) is 2. The van der Waals surface area contributed by atoms with E-state index >= 15 is 0 Å². The summed E-state index contributed by atoms with van der Waals surface area (Å²) in [5.74, 6) is 1.78. The van der Waals surface area contributed by atoms with Crippen molar-refractivity contribution in [2.45, 2.75) is 38.5 Å². The van der Waals surface area contributed by atoms with Crippen molar-refractivity contribution >= 4 is 65.6 Å². The number of thiophene rings is 1. The minimum Gasteiger partial charge on any atom is -0.453 e. The molecule has 250 valence electrons. The largest absolute Gasteiger partial charge is 0.453 e. The Bertz CT molecular complexity index is 2810. The first kappa shape index (κ1) is 29.8. The molecule has 0 fully saturated rings. The smallest absolute Gasteiger partial charge is 0.151 e. The molecule has 0 saturated carbocycles. The van der Waals surface area contributed by atoms with Crippen molar-refractivity contribution in [2.75, 3.05) is 9.80 Å². The van der Waals surface area contributed by atoms with Crippen LogP contribution in [-0.2, 0) is 10.8 Å². The molecular weight excluding hydrogens is 653 g/mol. The molecule has 0 saturated heterocycles. The number of fused-ring (bicyclic) bond motifs is 10. The van der Waals surface area contributed by atoms with E-state index in [-0.39, 0.29) is 10.8 Å². The molecular formula is C48H36N2OS. The fourth-order valence-electron chi connectivity index (χ4n) is 9.23. The van der Waals surface area contributed by atoms with E-state index in [2.05, 4.69) is 183 Å². The van der Waals surface area contributed by atoms with Crippen LogP contribution in [0.1, 0.15) is 49.9 Å². The Morgan fingerprint density at radius 2 is 1.17 bits per heavy atom. The van der Waals surface area contributed by atoms with Crippen LogP contribution in [0, 0.1) is 0 Å². The van der Waals surface area contributed by atoms with E-state index in [1.807, 2.05) is 11.3 Å². The summed E-state index contributed by atoms with van der Waals surface area (Å²) in [5.41, 5.74) is 14.5. The van der Waals surface area contributed by atoms with E-state index in [0.717, 1.165) is 34.2 Å². The van der Waals surface area contributed by atoms with Gasteiger partial charge in [-0.3, -0.25) is 0 Å². The van der Waals surface area contributed by atoms with Crippen molar-refractivity contribution in [1.29, 1.82) is 0 Å². The summed E-state index contributed by atoms with van der Waals surface area (Å²) in [6, 6.07) is 53.6. The van der Waals surface area contributed by atoms with Crippen LogP contribution in [0.25, 0.3) is 31.3 Å². The lowest BCUT2D eigenvalue weighted by Gasteiger charge is -2.45. The molecule has 8 aromatic rings. The molecule has 0 unspecified atom stereocenters. The SMILES string of the molecule is CC1(C)c2ccccc2-c2ccc(N(c3ccc4c(c3)C(C)(C)c3cccc5c3N4c3ccccc3O5)c3cccc4c3sc3ccccc34)cc21. The van der Waals surface area contributed by atoms with E-state index in [1.54, 1.807) is 0 Å². The van der Waals surface area contributed by atoms with Gasteiger partial charge < -0.3 is 14.5 Å². The van der Waals surface area contributed by atoms with Crippen molar-refractivity contribution in [3.8, 4) is 22.6 Å². The van der Waals surface area contributed by atoms with Crippen molar-refractivity contribution in [3.63, 3.8) is 0 Å². The first-order valence-electron chi connectivity index (χ1n) is 18.1. The van der Waals surface area contributed by atoms with Gasteiger partial charge in [0.1, 0.15) is 0 Å². The molecule has 0 spiro atoms. The molecule has 3 aliphatic rings. The van der Waals surface area contributed by atoms with Crippen molar-refractivity contribution in [3.05, 3.63) is 168 Å². The Balaban J connectivity index is 1.17. The van der Waals surface area contributed by atoms with Gasteiger partial charge in [-0.05, 0) is 94.0 Å². The highest BCUT2D eigenvalue weighted by Crippen LogP contribution is 2.60. The topological polar surface area (TPSA) is 15.7 Å². The van der Waals surface area contributed by atoms with Crippen LogP contribution in [0.5, 0.6) is 11.5 Å². The van der Waals surface area contributed by atoms with E-state index in [4.69, 9.17) is 4.74 Å². The summed E-state index contributed by atoms with van der Waals surface area (Å²) in [7, 11) is 0. The Labute approximate surface area is 308 Å². The van der Waals surface area contributed by atoms with Crippen LogP contribution in [0.3, 0.4) is 0 Å². The van der Waals surface area contributed by atoms with Gasteiger partial charge >= 0.3 is 0 Å². The third-order valence-electron chi connectivity index (χ3n) is 11.8. The van der Waals surface area contributed by atoms with E-state index in [9.17, 15) is 0 Å². The van der Waals surface area contributed by atoms with Crippen LogP contribution < -0.4 is 14.5 Å². The summed E-state index contributed by atoms with van der Waals surface area (Å²) in [6.45, 7) is 9.45. The van der Waals surface area contributed by atoms with Gasteiger partial charge in [-0.15, -0.1) is 11.3 Å². The Morgan fingerprint density at radius 3 is 2.08 bits per heavy atom. The molecule has 7 aromatic carbocycles. The number of hydrogen-bond donors (Lipinski definition) is 0. The molecule has 2 aliphatic heterocycles. The lowest BCUT2D eigenvalue weighted by atomic mass is 9.73. The summed E-state index contributed by atoms with van der Waals surface area (Å²) in [4.78, 5) is 4.92. The van der Waals surface area contributed by atoms with Gasteiger partial charge in [0.15, 0.2) is 11.5 Å². The predicted molar refractivity (Wildman–Crippen MR) is 218 cm³/mol. The number of anilines is 6. The van der Waals surface area contributed by atoms with Crippen LogP contribution >= 0.6 is 11.3 Å². The molecule has 0 atom stereocenters. The van der Waals surface area contributed by atoms with Gasteiger partial charge in [0.25, 0.3) is 0 Å². The molecule has 0 amide bonds. The van der Waals surface area contributed by atoms with Gasteiger partial charge in [0.05, 0.1) is 27.4 Å². The maximum absolute atomic E-state index is 6.50. The minimum atomic E-state index is -0.278. The summed E-state index contributed by atoms with van der Waals surface area (Å²) < 4.78 is 9.10. The molecule has 52 heavy (non-hydrogen) atoms. The number of rotatable bonds is 3. The first-order valence-corrected chi connectivity index (χ1v) is 18.9. The molecule has 0 N–H and O–H groups in total. The molecule has 1 aliphatic carbocycles. The average Bonchev–Trinajstić information content (AvgIpc) is 3.66. The van der Waals surface area contributed by atoms with Crippen LogP contribution in [-0.4, -0.2) is 0 Å². The second-order valence-electron chi connectivity index (χ2n) is 15.4. The lowest BCUT2D eigenvalue weighted by molar-refractivity contribution is 0.471. The standard InChI is InChI=1S/C48H36N2OS/c1-47(2)35-16-7-5-13-31(35)32-25-23-29(27-37(32)47)49(41-19-11-15-34-33-14-6-10-22-44(33)52-46(34)41)30-24-26-39-38(28-30)48(3,4)36-17-12-21-43-45(36)50(39)40-18-8-9-20-42(40)51-43/h5-28H,1-4H3. The molecule has 0 radical (unpaired) electrons.